The molecule has 0 aliphatic heterocycles. The molecule has 7 heteroatoms. The lowest BCUT2D eigenvalue weighted by Crippen LogP contribution is -2.42. The first-order valence-electron chi connectivity index (χ1n) is 7.39. The van der Waals surface area contributed by atoms with Gasteiger partial charge < -0.3 is 20.7 Å². The molecule has 3 N–H and O–H groups in total. The molecule has 7 nitrogen and oxygen atoms in total. The Bertz CT molecular complexity index is 395. The van der Waals surface area contributed by atoms with E-state index in [4.69, 9.17) is 4.74 Å². The Balaban J connectivity index is 3.75. The molecule has 0 atom stereocenters. The van der Waals surface area contributed by atoms with Crippen LogP contribution in [0.15, 0.2) is 0 Å². The molecular weight excluding hydrogens is 286 g/mol. The van der Waals surface area contributed by atoms with Gasteiger partial charge in [-0.2, -0.15) is 0 Å². The number of rotatable bonds is 6. The summed E-state index contributed by atoms with van der Waals surface area (Å²) in [6.07, 6.45) is -0.206. The highest BCUT2D eigenvalue weighted by molar-refractivity contribution is 5.82. The van der Waals surface area contributed by atoms with E-state index in [1.807, 2.05) is 20.8 Å². The van der Waals surface area contributed by atoms with E-state index in [1.165, 1.54) is 0 Å². The molecule has 0 aliphatic carbocycles. The van der Waals surface area contributed by atoms with Crippen LogP contribution in [0, 0.1) is 5.41 Å². The third-order valence-corrected chi connectivity index (χ3v) is 2.25. The van der Waals surface area contributed by atoms with Crippen LogP contribution in [0.5, 0.6) is 0 Å². The van der Waals surface area contributed by atoms with Crippen molar-refractivity contribution in [2.45, 2.75) is 53.6 Å². The van der Waals surface area contributed by atoms with Crippen LogP contribution >= 0.6 is 0 Å². The Labute approximate surface area is 132 Å². The van der Waals surface area contributed by atoms with Crippen LogP contribution in [0.3, 0.4) is 0 Å². The summed E-state index contributed by atoms with van der Waals surface area (Å²) in [4.78, 5) is 34.4. The molecule has 0 radical (unpaired) electrons. The van der Waals surface area contributed by atoms with E-state index in [9.17, 15) is 14.4 Å². The average molecular weight is 315 g/mol. The number of nitrogens with one attached hydrogen (secondary N) is 3. The quantitative estimate of drug-likeness (QED) is 0.641. The molecular formula is C15H29N3O4. The summed E-state index contributed by atoms with van der Waals surface area (Å²) in [7, 11) is 0. The van der Waals surface area contributed by atoms with Crippen molar-refractivity contribution in [2.75, 3.05) is 19.6 Å². The van der Waals surface area contributed by atoms with Crippen molar-refractivity contribution < 1.29 is 19.1 Å². The average Bonchev–Trinajstić information content (AvgIpc) is 2.27. The molecule has 0 heterocycles. The van der Waals surface area contributed by atoms with Crippen LogP contribution in [0.1, 0.15) is 48.0 Å². The van der Waals surface area contributed by atoms with Gasteiger partial charge in [0.25, 0.3) is 0 Å². The fourth-order valence-corrected chi connectivity index (χ4v) is 1.48. The second kappa shape index (κ2) is 8.60. The van der Waals surface area contributed by atoms with E-state index in [2.05, 4.69) is 16.0 Å². The third kappa shape index (κ3) is 13.2. The van der Waals surface area contributed by atoms with Crippen molar-refractivity contribution in [1.82, 2.24) is 16.0 Å². The molecule has 0 spiro atoms. The van der Waals surface area contributed by atoms with Crippen molar-refractivity contribution in [1.29, 1.82) is 0 Å². The molecule has 0 aromatic rings. The summed E-state index contributed by atoms with van der Waals surface area (Å²) in [5.74, 6) is -0.385. The lowest BCUT2D eigenvalue weighted by molar-refractivity contribution is -0.123. The number of alkyl carbamates (subject to hydrolysis) is 1. The highest BCUT2D eigenvalue weighted by Gasteiger charge is 2.17. The maximum absolute atomic E-state index is 11.6. The van der Waals surface area contributed by atoms with Crippen LogP contribution in [-0.2, 0) is 14.3 Å². The Morgan fingerprint density at radius 3 is 1.77 bits per heavy atom. The summed E-state index contributed by atoms with van der Waals surface area (Å²) in [5.41, 5.74) is -0.664. The molecule has 3 amide bonds. The number of carbonyl (C=O) groups is 3. The molecule has 128 valence electrons. The normalized spacial score (nSPS) is 11.5. The van der Waals surface area contributed by atoms with Gasteiger partial charge in [0.1, 0.15) is 5.60 Å². The molecule has 22 heavy (non-hydrogen) atoms. The number of carbonyl (C=O) groups excluding carboxylic acids is 3. The first kappa shape index (κ1) is 20.2. The van der Waals surface area contributed by atoms with Gasteiger partial charge in [0.15, 0.2) is 0 Å². The van der Waals surface area contributed by atoms with Crippen LogP contribution < -0.4 is 16.0 Å². The Hall–Kier alpha value is -1.79. The summed E-state index contributed by atoms with van der Waals surface area (Å²) >= 11 is 0. The summed E-state index contributed by atoms with van der Waals surface area (Å²) < 4.78 is 5.00. The second-order valence-electron chi connectivity index (χ2n) is 7.29. The molecule has 0 unspecified atom stereocenters. The Kier molecular flexibility index (Phi) is 7.90. The zero-order chi connectivity index (χ0) is 17.4. The van der Waals surface area contributed by atoms with E-state index in [1.54, 1.807) is 20.8 Å². The van der Waals surface area contributed by atoms with Gasteiger partial charge >= 0.3 is 6.09 Å². The highest BCUT2D eigenvalue weighted by Crippen LogP contribution is 2.17. The maximum atomic E-state index is 11.6. The minimum atomic E-state index is -0.638. The lowest BCUT2D eigenvalue weighted by atomic mass is 9.92. The minimum Gasteiger partial charge on any atom is -0.444 e. The van der Waals surface area contributed by atoms with Gasteiger partial charge in [0.05, 0.1) is 6.54 Å². The van der Waals surface area contributed by atoms with Crippen molar-refractivity contribution in [3.63, 3.8) is 0 Å². The largest absolute Gasteiger partial charge is 0.444 e. The van der Waals surface area contributed by atoms with Crippen LogP contribution in [0.25, 0.3) is 0 Å². The monoisotopic (exact) mass is 315 g/mol. The molecule has 0 aliphatic rings. The van der Waals surface area contributed by atoms with Crippen molar-refractivity contribution in [3.05, 3.63) is 0 Å². The lowest BCUT2D eigenvalue weighted by Gasteiger charge is -2.19. The van der Waals surface area contributed by atoms with Crippen LogP contribution in [-0.4, -0.2) is 43.1 Å². The molecule has 0 fully saturated rings. The number of ether oxygens (including phenoxy) is 1. The maximum Gasteiger partial charge on any atom is 0.408 e. The van der Waals surface area contributed by atoms with Gasteiger partial charge in [-0.05, 0) is 26.2 Å². The standard InChI is InChI=1S/C15H29N3O4/c1-14(2,3)9-11(19)16-7-8-17-12(20)10-18-13(21)22-15(4,5)6/h7-10H2,1-6H3,(H,16,19)(H,17,20)(H,18,21). The predicted octanol–water partition coefficient (Wildman–Crippen LogP) is 1.18. The molecule has 0 aromatic heterocycles. The van der Waals surface area contributed by atoms with Gasteiger partial charge in [0.2, 0.25) is 11.8 Å². The topological polar surface area (TPSA) is 96.5 Å². The molecule has 0 saturated carbocycles. The van der Waals surface area contributed by atoms with E-state index in [-0.39, 0.29) is 23.8 Å². The van der Waals surface area contributed by atoms with Gasteiger partial charge in [-0.3, -0.25) is 9.59 Å². The summed E-state index contributed by atoms with van der Waals surface area (Å²) in [5, 5.41) is 7.68. The van der Waals surface area contributed by atoms with Crippen molar-refractivity contribution in [2.24, 2.45) is 5.41 Å². The Morgan fingerprint density at radius 2 is 1.32 bits per heavy atom. The summed E-state index contributed by atoms with van der Waals surface area (Å²) in [6, 6.07) is 0. The number of hydrogen-bond donors (Lipinski definition) is 3. The SMILES string of the molecule is CC(C)(C)CC(=O)NCCNC(=O)CNC(=O)OC(C)(C)C. The fourth-order valence-electron chi connectivity index (χ4n) is 1.48. The van der Waals surface area contributed by atoms with E-state index >= 15 is 0 Å². The fraction of sp³-hybridized carbons (Fsp3) is 0.800. The third-order valence-electron chi connectivity index (χ3n) is 2.25. The van der Waals surface area contributed by atoms with Gasteiger partial charge in [0, 0.05) is 19.5 Å². The zero-order valence-corrected chi connectivity index (χ0v) is 14.5. The molecule has 0 aromatic carbocycles. The van der Waals surface area contributed by atoms with Crippen molar-refractivity contribution in [3.8, 4) is 0 Å². The second-order valence-corrected chi connectivity index (χ2v) is 7.29. The molecule has 0 saturated heterocycles. The van der Waals surface area contributed by atoms with Crippen molar-refractivity contribution >= 4 is 17.9 Å². The highest BCUT2D eigenvalue weighted by atomic mass is 16.6. The first-order valence-corrected chi connectivity index (χ1v) is 7.39. The van der Waals surface area contributed by atoms with Crippen LogP contribution in [0.4, 0.5) is 4.79 Å². The smallest absolute Gasteiger partial charge is 0.408 e. The minimum absolute atomic E-state index is 0.0476. The zero-order valence-electron chi connectivity index (χ0n) is 14.5. The summed E-state index contributed by atoms with van der Waals surface area (Å²) in [6.45, 7) is 11.7. The van der Waals surface area contributed by atoms with Gasteiger partial charge in [-0.1, -0.05) is 20.8 Å². The Morgan fingerprint density at radius 1 is 0.818 bits per heavy atom. The molecule has 0 rings (SSSR count). The first-order chi connectivity index (χ1) is 9.89. The van der Waals surface area contributed by atoms with E-state index in [0.717, 1.165) is 0 Å². The van der Waals surface area contributed by atoms with E-state index < -0.39 is 11.7 Å². The van der Waals surface area contributed by atoms with Crippen LogP contribution in [0.2, 0.25) is 0 Å². The predicted molar refractivity (Wildman–Crippen MR) is 84.3 cm³/mol. The van der Waals surface area contributed by atoms with E-state index in [0.29, 0.717) is 19.5 Å². The van der Waals surface area contributed by atoms with Gasteiger partial charge in [-0.15, -0.1) is 0 Å². The number of hydrogen-bond acceptors (Lipinski definition) is 4. The molecule has 0 bridgehead atoms. The van der Waals surface area contributed by atoms with Gasteiger partial charge in [-0.25, -0.2) is 4.79 Å². The number of amides is 3.